The van der Waals surface area contributed by atoms with Gasteiger partial charge in [0.15, 0.2) is 5.78 Å². The lowest BCUT2D eigenvalue weighted by molar-refractivity contribution is 0.0914. The minimum absolute atomic E-state index is 0.120. The van der Waals surface area contributed by atoms with E-state index >= 15 is 0 Å². The minimum Gasteiger partial charge on any atom is -0.350 e. The van der Waals surface area contributed by atoms with Crippen LogP contribution < -0.4 is 22.0 Å². The Morgan fingerprint density at radius 3 is 2.74 bits per heavy atom. The summed E-state index contributed by atoms with van der Waals surface area (Å²) in [4.78, 5) is 23.6. The van der Waals surface area contributed by atoms with E-state index in [1.54, 1.807) is 36.3 Å². The van der Waals surface area contributed by atoms with E-state index in [1.165, 1.54) is 6.21 Å². The lowest BCUT2D eigenvalue weighted by Crippen LogP contribution is -2.47. The van der Waals surface area contributed by atoms with Gasteiger partial charge in [-0.05, 0) is 19.1 Å². The van der Waals surface area contributed by atoms with Crippen LogP contribution in [0, 0.1) is 0 Å². The van der Waals surface area contributed by atoms with Gasteiger partial charge in [-0.25, -0.2) is 20.8 Å². The Labute approximate surface area is 156 Å². The number of carbonyl (C=O) groups excluding carboxylic acids is 2. The second-order valence-electron chi connectivity index (χ2n) is 5.92. The molecule has 0 saturated carbocycles. The Bertz CT molecular complexity index is 909. The molecule has 27 heavy (non-hydrogen) atoms. The van der Waals surface area contributed by atoms with Crippen LogP contribution in [0.2, 0.25) is 0 Å². The van der Waals surface area contributed by atoms with Crippen LogP contribution in [-0.2, 0) is 0 Å². The zero-order valence-electron chi connectivity index (χ0n) is 14.7. The van der Waals surface area contributed by atoms with Gasteiger partial charge in [-0.1, -0.05) is 42.5 Å². The smallest absolute Gasteiger partial charge is 0.332 e. The summed E-state index contributed by atoms with van der Waals surface area (Å²) in [5.74, 6) is -0.120. The van der Waals surface area contributed by atoms with Crippen molar-refractivity contribution in [3.8, 4) is 0 Å². The molecule has 2 aromatic rings. The Hall–Kier alpha value is -3.65. The normalized spacial score (nSPS) is 13.7. The molecule has 138 valence electrons. The van der Waals surface area contributed by atoms with Gasteiger partial charge in [0.2, 0.25) is 0 Å². The molecular formula is C19H20N6O2. The molecule has 0 aromatic heterocycles. The van der Waals surface area contributed by atoms with E-state index in [-0.39, 0.29) is 5.78 Å². The number of hydrazine groups is 2. The number of rotatable bonds is 6. The summed E-state index contributed by atoms with van der Waals surface area (Å²) in [6.45, 7) is 1.77. The number of hydrogen-bond donors (Lipinski definition) is 4. The van der Waals surface area contributed by atoms with Gasteiger partial charge in [0.25, 0.3) is 0 Å². The topological polar surface area (TPSA) is 112 Å². The van der Waals surface area contributed by atoms with Gasteiger partial charge in [0.05, 0.1) is 17.9 Å². The predicted molar refractivity (Wildman–Crippen MR) is 105 cm³/mol. The standard InChI is InChI=1S/C19H20N6O2/c1-13(23-25-11-10-14-6-3-5-9-17(14)24-25)18(26)16-8-4-2-7-15(16)12-21-22-19(20)27/h2-13,23-24H,1H3,(H3,20,22,27)/t13-/m0/s1. The molecule has 0 radical (unpaired) electrons. The third-order valence-corrected chi connectivity index (χ3v) is 3.94. The van der Waals surface area contributed by atoms with Crippen molar-refractivity contribution in [2.24, 2.45) is 10.8 Å². The number of nitrogens with zero attached hydrogens (tertiary/aromatic N) is 2. The van der Waals surface area contributed by atoms with Gasteiger partial charge >= 0.3 is 6.03 Å². The monoisotopic (exact) mass is 364 g/mol. The number of para-hydroxylation sites is 1. The van der Waals surface area contributed by atoms with Gasteiger partial charge in [0.1, 0.15) is 0 Å². The molecule has 0 fully saturated rings. The molecule has 3 rings (SSSR count). The summed E-state index contributed by atoms with van der Waals surface area (Å²) in [6, 6.07) is 13.6. The molecule has 2 amide bonds. The third-order valence-electron chi connectivity index (χ3n) is 3.94. The summed E-state index contributed by atoms with van der Waals surface area (Å²) in [5.41, 5.74) is 16.5. The summed E-state index contributed by atoms with van der Waals surface area (Å²) in [5, 5.41) is 5.38. The molecule has 0 aliphatic carbocycles. The van der Waals surface area contributed by atoms with Crippen LogP contribution in [0.25, 0.3) is 6.08 Å². The molecule has 5 N–H and O–H groups in total. The van der Waals surface area contributed by atoms with E-state index in [0.29, 0.717) is 11.1 Å². The maximum atomic E-state index is 12.9. The van der Waals surface area contributed by atoms with Gasteiger partial charge in [0, 0.05) is 22.9 Å². The van der Waals surface area contributed by atoms with Crippen molar-refractivity contribution >= 4 is 29.8 Å². The maximum absolute atomic E-state index is 12.9. The number of fused-ring (bicyclic) bond motifs is 1. The van der Waals surface area contributed by atoms with E-state index in [2.05, 4.69) is 21.4 Å². The molecule has 0 bridgehead atoms. The van der Waals surface area contributed by atoms with Crippen molar-refractivity contribution in [3.63, 3.8) is 0 Å². The van der Waals surface area contributed by atoms with Crippen molar-refractivity contribution < 1.29 is 9.59 Å². The van der Waals surface area contributed by atoms with Gasteiger partial charge in [-0.15, -0.1) is 0 Å². The number of hydrazone groups is 1. The highest BCUT2D eigenvalue weighted by atomic mass is 16.2. The first-order valence-electron chi connectivity index (χ1n) is 8.35. The molecule has 1 heterocycles. The SMILES string of the molecule is C[C@H](NN1C=Cc2ccccc2N1)C(=O)c1ccccc1C=NNC(N)=O. The fraction of sp³-hybridized carbons (Fsp3) is 0.105. The van der Waals surface area contributed by atoms with Crippen molar-refractivity contribution in [1.29, 1.82) is 0 Å². The quantitative estimate of drug-likeness (QED) is 0.356. The number of nitrogens with one attached hydrogen (secondary N) is 3. The van der Waals surface area contributed by atoms with Gasteiger partial charge in [-0.2, -0.15) is 5.10 Å². The fourth-order valence-corrected chi connectivity index (χ4v) is 2.64. The highest BCUT2D eigenvalue weighted by Gasteiger charge is 2.20. The zero-order valence-corrected chi connectivity index (χ0v) is 14.7. The number of hydrogen-bond acceptors (Lipinski definition) is 6. The molecule has 8 nitrogen and oxygen atoms in total. The second kappa shape index (κ2) is 8.15. The van der Waals surface area contributed by atoms with Crippen LogP contribution in [0.4, 0.5) is 10.5 Å². The number of amides is 2. The number of urea groups is 1. The van der Waals surface area contributed by atoms with Crippen LogP contribution in [0.15, 0.2) is 59.8 Å². The zero-order chi connectivity index (χ0) is 19.2. The van der Waals surface area contributed by atoms with E-state index in [4.69, 9.17) is 5.73 Å². The summed E-state index contributed by atoms with van der Waals surface area (Å²) in [7, 11) is 0. The molecule has 2 aromatic carbocycles. The maximum Gasteiger partial charge on any atom is 0.332 e. The molecule has 8 heteroatoms. The van der Waals surface area contributed by atoms with Crippen LogP contribution in [-0.4, -0.2) is 29.2 Å². The Morgan fingerprint density at radius 2 is 1.93 bits per heavy atom. The lowest BCUT2D eigenvalue weighted by Gasteiger charge is -2.30. The first-order valence-corrected chi connectivity index (χ1v) is 8.35. The largest absolute Gasteiger partial charge is 0.350 e. The molecule has 0 saturated heterocycles. The number of nitrogens with two attached hydrogens (primary N) is 1. The second-order valence-corrected chi connectivity index (χ2v) is 5.92. The van der Waals surface area contributed by atoms with E-state index < -0.39 is 12.1 Å². The fourth-order valence-electron chi connectivity index (χ4n) is 2.64. The molecule has 1 aliphatic rings. The lowest BCUT2D eigenvalue weighted by atomic mass is 10.0. The number of carbonyl (C=O) groups is 2. The van der Waals surface area contributed by atoms with Crippen LogP contribution in [0.5, 0.6) is 0 Å². The molecule has 0 unspecified atom stereocenters. The average molecular weight is 364 g/mol. The predicted octanol–water partition coefficient (Wildman–Crippen LogP) is 2.08. The Kier molecular flexibility index (Phi) is 5.48. The van der Waals surface area contributed by atoms with E-state index in [1.807, 2.05) is 36.5 Å². The highest BCUT2D eigenvalue weighted by Crippen LogP contribution is 2.21. The van der Waals surface area contributed by atoms with Gasteiger partial charge in [-0.3, -0.25) is 10.2 Å². The van der Waals surface area contributed by atoms with Crippen LogP contribution in [0.1, 0.15) is 28.4 Å². The number of Topliss-reactive ketones (excluding diaryl/α,β-unsaturated/α-hetero) is 1. The summed E-state index contributed by atoms with van der Waals surface area (Å²) in [6.07, 6.45) is 5.16. The van der Waals surface area contributed by atoms with Crippen LogP contribution in [0.3, 0.4) is 0 Å². The number of anilines is 1. The number of primary amides is 1. The Morgan fingerprint density at radius 1 is 1.19 bits per heavy atom. The van der Waals surface area contributed by atoms with Crippen molar-refractivity contribution in [2.45, 2.75) is 13.0 Å². The number of benzene rings is 2. The molecule has 0 spiro atoms. The van der Waals surface area contributed by atoms with Crippen LogP contribution >= 0.6 is 0 Å². The first kappa shape index (κ1) is 18.2. The summed E-state index contributed by atoms with van der Waals surface area (Å²) < 4.78 is 0. The van der Waals surface area contributed by atoms with Crippen molar-refractivity contribution in [2.75, 3.05) is 5.43 Å². The molecule has 1 aliphatic heterocycles. The van der Waals surface area contributed by atoms with E-state index in [0.717, 1.165) is 11.3 Å². The minimum atomic E-state index is -0.770. The molecular weight excluding hydrogens is 344 g/mol. The first-order chi connectivity index (χ1) is 13.0. The van der Waals surface area contributed by atoms with Crippen molar-refractivity contribution in [1.82, 2.24) is 16.0 Å². The van der Waals surface area contributed by atoms with Crippen molar-refractivity contribution in [3.05, 3.63) is 71.4 Å². The Balaban J connectivity index is 1.70. The summed E-state index contributed by atoms with van der Waals surface area (Å²) >= 11 is 0. The van der Waals surface area contributed by atoms with Gasteiger partial charge < -0.3 is 5.73 Å². The highest BCUT2D eigenvalue weighted by molar-refractivity contribution is 6.06. The average Bonchev–Trinajstić information content (AvgIpc) is 2.67. The molecule has 1 atom stereocenters. The third kappa shape index (κ3) is 4.50. The van der Waals surface area contributed by atoms with E-state index in [9.17, 15) is 9.59 Å². The number of ketones is 1.